The molecule has 0 radical (unpaired) electrons. The van der Waals surface area contributed by atoms with Crippen LogP contribution in [0.5, 0.6) is 0 Å². The molecule has 0 saturated heterocycles. The lowest BCUT2D eigenvalue weighted by atomic mass is 10.0. The lowest BCUT2D eigenvalue weighted by molar-refractivity contribution is -0.161. The monoisotopic (exact) mass is 1320 g/mol. The molecule has 0 aliphatic carbocycles. The van der Waals surface area contributed by atoms with Gasteiger partial charge in [-0.05, 0) is 109 Å². The molecule has 0 saturated carbocycles. The highest BCUT2D eigenvalue weighted by Crippen LogP contribution is 2.45. The third-order valence-electron chi connectivity index (χ3n) is 15.1. The van der Waals surface area contributed by atoms with Crippen LogP contribution in [-0.4, -0.2) is 95.9 Å². The Labute approximate surface area is 553 Å². The fourth-order valence-electron chi connectivity index (χ4n) is 9.57. The first kappa shape index (κ1) is 87.7. The fourth-order valence-corrected chi connectivity index (χ4v) is 11.2. The zero-order chi connectivity index (χ0) is 66.7. The van der Waals surface area contributed by atoms with Gasteiger partial charge in [0.1, 0.15) is 25.4 Å². The number of phosphoric ester groups is 2. The SMILES string of the molecule is CC/C=C\C/C=C\C/C=C\C/C=C\C/C=C\CCCCCCCCCCCCCCCCCC(=O)OCC(O)COP(=O)(O)OCC(O)COP(=O)(O)OCC(COC(=O)CCCCCCC/C=C\CCCCCC)OC(=O)CCCCCCC/C=C\CCCC. The maximum atomic E-state index is 12.8. The van der Waals surface area contributed by atoms with Crippen LogP contribution in [0.3, 0.4) is 0 Å². The smallest absolute Gasteiger partial charge is 0.463 e. The van der Waals surface area contributed by atoms with Crippen molar-refractivity contribution in [3.63, 3.8) is 0 Å². The first-order valence-electron chi connectivity index (χ1n) is 35.9. The number of carbonyl (C=O) groups excluding carboxylic acids is 3. The van der Waals surface area contributed by atoms with Gasteiger partial charge in [-0.2, -0.15) is 0 Å². The van der Waals surface area contributed by atoms with Crippen molar-refractivity contribution in [2.24, 2.45) is 0 Å². The summed E-state index contributed by atoms with van der Waals surface area (Å²) in [7, 11) is -9.76. The average molecular weight is 1330 g/mol. The topological polar surface area (TPSA) is 231 Å². The third-order valence-corrected chi connectivity index (χ3v) is 17.0. The number of rotatable bonds is 68. The van der Waals surface area contributed by atoms with E-state index in [1.165, 1.54) is 116 Å². The number of aliphatic hydroxyl groups excluding tert-OH is 2. The quantitative estimate of drug-likeness (QED) is 0.0146. The second kappa shape index (κ2) is 66.7. The molecule has 0 fully saturated rings. The van der Waals surface area contributed by atoms with E-state index in [0.717, 1.165) is 128 Å². The van der Waals surface area contributed by atoms with E-state index in [1.807, 2.05) is 0 Å². The molecule has 0 heterocycles. The molecule has 0 aliphatic rings. The number of allylic oxidation sites excluding steroid dienone is 14. The zero-order valence-electron chi connectivity index (χ0n) is 57.3. The van der Waals surface area contributed by atoms with Crippen LogP contribution in [0.2, 0.25) is 0 Å². The number of aliphatic hydroxyl groups is 2. The Bertz CT molecular complexity index is 2000. The first-order chi connectivity index (χ1) is 44.2. The molecule has 0 aliphatic heterocycles. The minimum atomic E-state index is -4.92. The predicted octanol–water partition coefficient (Wildman–Crippen LogP) is 20.1. The molecule has 91 heavy (non-hydrogen) atoms. The summed E-state index contributed by atoms with van der Waals surface area (Å²) < 4.78 is 60.8. The van der Waals surface area contributed by atoms with Gasteiger partial charge in [0, 0.05) is 19.3 Å². The van der Waals surface area contributed by atoms with Gasteiger partial charge < -0.3 is 34.2 Å². The summed E-state index contributed by atoms with van der Waals surface area (Å²) in [5, 5.41) is 20.5. The summed E-state index contributed by atoms with van der Waals surface area (Å²) in [6.45, 7) is 2.49. The van der Waals surface area contributed by atoms with Gasteiger partial charge in [0.25, 0.3) is 0 Å². The Morgan fingerprint density at radius 3 is 0.967 bits per heavy atom. The van der Waals surface area contributed by atoms with Gasteiger partial charge in [-0.25, -0.2) is 9.13 Å². The summed E-state index contributed by atoms with van der Waals surface area (Å²) in [6, 6.07) is 0. The van der Waals surface area contributed by atoms with E-state index in [4.69, 9.17) is 32.3 Å². The van der Waals surface area contributed by atoms with Crippen molar-refractivity contribution in [2.45, 2.75) is 322 Å². The molecule has 4 N–H and O–H groups in total. The lowest BCUT2D eigenvalue weighted by Crippen LogP contribution is -2.30. The first-order valence-corrected chi connectivity index (χ1v) is 38.9. The van der Waals surface area contributed by atoms with Gasteiger partial charge in [0.15, 0.2) is 6.10 Å². The maximum Gasteiger partial charge on any atom is 0.472 e. The molecule has 0 bridgehead atoms. The number of hydrogen-bond acceptors (Lipinski definition) is 14. The van der Waals surface area contributed by atoms with Crippen molar-refractivity contribution in [2.75, 3.05) is 39.6 Å². The van der Waals surface area contributed by atoms with Crippen LogP contribution in [0, 0.1) is 0 Å². The van der Waals surface area contributed by atoms with Crippen LogP contribution >= 0.6 is 15.6 Å². The standard InChI is InChI=1S/C73H130O16P2/c1-4-7-10-13-16-19-22-24-25-26-27-28-29-30-31-32-33-34-35-36-37-38-39-40-41-43-46-47-50-53-56-59-71(76)83-62-68(74)63-85-90(79,80)86-64-69(75)65-87-91(81,82)88-67-70(89-73(78)61-58-55-52-49-44-21-18-15-12-9-6-3)66-84-72(77)60-57-54-51-48-45-42-23-20-17-14-11-8-5-2/h7,10,15-16,18-20,23-25,27-28,30-31,68-70,74-75H,4-6,8-9,11-14,17,21-22,26,29,32-67H2,1-3H3,(H,79,80)(H,81,82)/b10-7-,18-15-,19-16-,23-20-,25-24-,28-27-,31-30-. The van der Waals surface area contributed by atoms with Crippen molar-refractivity contribution in [3.05, 3.63) is 85.1 Å². The second-order valence-corrected chi connectivity index (χ2v) is 26.9. The van der Waals surface area contributed by atoms with Crippen molar-refractivity contribution < 1.29 is 75.8 Å². The Kier molecular flexibility index (Phi) is 64.3. The predicted molar refractivity (Wildman–Crippen MR) is 371 cm³/mol. The Balaban J connectivity index is 4.33. The molecule has 0 rings (SSSR count). The molecule has 18 heteroatoms. The van der Waals surface area contributed by atoms with Crippen LogP contribution in [0.1, 0.15) is 303 Å². The van der Waals surface area contributed by atoms with Crippen molar-refractivity contribution >= 4 is 33.6 Å². The highest BCUT2D eigenvalue weighted by atomic mass is 31.2. The number of esters is 3. The largest absolute Gasteiger partial charge is 0.472 e. The minimum Gasteiger partial charge on any atom is -0.463 e. The van der Waals surface area contributed by atoms with Crippen LogP contribution < -0.4 is 0 Å². The maximum absolute atomic E-state index is 12.8. The molecule has 0 aromatic carbocycles. The molecule has 528 valence electrons. The number of unbranched alkanes of at least 4 members (excludes halogenated alkanes) is 31. The van der Waals surface area contributed by atoms with Crippen LogP contribution in [0.25, 0.3) is 0 Å². The van der Waals surface area contributed by atoms with Gasteiger partial charge >= 0.3 is 33.6 Å². The van der Waals surface area contributed by atoms with E-state index < -0.39 is 91.5 Å². The highest BCUT2D eigenvalue weighted by molar-refractivity contribution is 7.47. The Morgan fingerprint density at radius 1 is 0.319 bits per heavy atom. The van der Waals surface area contributed by atoms with Crippen molar-refractivity contribution in [1.82, 2.24) is 0 Å². The van der Waals surface area contributed by atoms with Gasteiger partial charge in [0.2, 0.25) is 0 Å². The van der Waals surface area contributed by atoms with Gasteiger partial charge in [-0.3, -0.25) is 32.5 Å². The molecule has 0 spiro atoms. The zero-order valence-corrected chi connectivity index (χ0v) is 59.0. The Morgan fingerprint density at radius 2 is 0.593 bits per heavy atom. The van der Waals surface area contributed by atoms with E-state index in [1.54, 1.807) is 0 Å². The third kappa shape index (κ3) is 67.9. The van der Waals surface area contributed by atoms with Crippen molar-refractivity contribution in [3.8, 4) is 0 Å². The highest BCUT2D eigenvalue weighted by Gasteiger charge is 2.29. The summed E-state index contributed by atoms with van der Waals surface area (Å²) in [5.74, 6) is -1.59. The van der Waals surface area contributed by atoms with E-state index >= 15 is 0 Å². The summed E-state index contributed by atoms with van der Waals surface area (Å²) in [5.41, 5.74) is 0. The number of phosphoric acid groups is 2. The molecule has 0 aromatic heterocycles. The van der Waals surface area contributed by atoms with Crippen LogP contribution in [-0.2, 0) is 55.8 Å². The van der Waals surface area contributed by atoms with Gasteiger partial charge in [-0.15, -0.1) is 0 Å². The number of ether oxygens (including phenoxy) is 3. The van der Waals surface area contributed by atoms with Crippen LogP contribution in [0.4, 0.5) is 0 Å². The molecular weight excluding hydrogens is 1190 g/mol. The molecular formula is C73H130O16P2. The summed E-state index contributed by atoms with van der Waals surface area (Å²) in [4.78, 5) is 58.2. The average Bonchev–Trinajstić information content (AvgIpc) is 3.61. The van der Waals surface area contributed by atoms with E-state index in [-0.39, 0.29) is 19.3 Å². The van der Waals surface area contributed by atoms with Crippen molar-refractivity contribution in [1.29, 1.82) is 0 Å². The van der Waals surface area contributed by atoms with E-state index in [0.29, 0.717) is 19.3 Å². The molecule has 5 atom stereocenters. The van der Waals surface area contributed by atoms with E-state index in [9.17, 15) is 43.5 Å². The van der Waals surface area contributed by atoms with Gasteiger partial charge in [0.05, 0.1) is 26.4 Å². The van der Waals surface area contributed by atoms with Gasteiger partial charge in [-0.1, -0.05) is 260 Å². The normalized spacial score (nSPS) is 14.7. The molecule has 16 nitrogen and oxygen atoms in total. The molecule has 0 amide bonds. The Hall–Kier alpha value is -3.27. The summed E-state index contributed by atoms with van der Waals surface area (Å²) in [6.07, 6.45) is 72.4. The second-order valence-electron chi connectivity index (χ2n) is 24.0. The number of hydrogen-bond donors (Lipinski definition) is 4. The fraction of sp³-hybridized carbons (Fsp3) is 0.767. The molecule has 0 aromatic rings. The van der Waals surface area contributed by atoms with Crippen LogP contribution in [0.15, 0.2) is 85.1 Å². The summed E-state index contributed by atoms with van der Waals surface area (Å²) >= 11 is 0. The lowest BCUT2D eigenvalue weighted by Gasteiger charge is -2.21. The van der Waals surface area contributed by atoms with E-state index in [2.05, 4.69) is 106 Å². The molecule has 5 unspecified atom stereocenters. The number of carbonyl (C=O) groups is 3. The minimum absolute atomic E-state index is 0.0947.